The number of sulfone groups is 2. The summed E-state index contributed by atoms with van der Waals surface area (Å²) >= 11 is 0. The highest BCUT2D eigenvalue weighted by atomic mass is 35.5. The summed E-state index contributed by atoms with van der Waals surface area (Å²) in [5, 5.41) is 7.76. The fourth-order valence-electron chi connectivity index (χ4n) is 7.93. The Morgan fingerprint density at radius 1 is 0.532 bits per heavy atom. The van der Waals surface area contributed by atoms with Crippen LogP contribution in [0.2, 0.25) is 0 Å². The van der Waals surface area contributed by atoms with Crippen molar-refractivity contribution in [3.8, 4) is 0 Å². The van der Waals surface area contributed by atoms with Gasteiger partial charge in [-0.15, -0.1) is 12.4 Å². The Balaban J connectivity index is 0.000000184. The number of nitrogens with zero attached hydrogens (tertiary/aromatic N) is 5. The van der Waals surface area contributed by atoms with E-state index in [1.165, 1.54) is 11.1 Å². The van der Waals surface area contributed by atoms with Crippen LogP contribution >= 0.6 is 12.4 Å². The molecular formula is C48H52ClN7O4S2. The number of aromatic nitrogens is 2. The Morgan fingerprint density at radius 3 is 1.50 bits per heavy atom. The van der Waals surface area contributed by atoms with E-state index < -0.39 is 19.7 Å². The van der Waals surface area contributed by atoms with Gasteiger partial charge in [-0.3, -0.25) is 14.9 Å². The normalized spacial score (nSPS) is 15.1. The second kappa shape index (κ2) is 20.0. The Kier molecular flexibility index (Phi) is 14.3. The molecule has 0 spiro atoms. The second-order valence-electron chi connectivity index (χ2n) is 15.5. The average Bonchev–Trinajstić information content (AvgIpc) is 3.74. The number of benzene rings is 6. The molecule has 0 saturated carbocycles. The van der Waals surface area contributed by atoms with Crippen molar-refractivity contribution in [3.05, 3.63) is 174 Å². The summed E-state index contributed by atoms with van der Waals surface area (Å²) in [4.78, 5) is 10.1. The lowest BCUT2D eigenvalue weighted by atomic mass is 10.1. The van der Waals surface area contributed by atoms with Crippen molar-refractivity contribution in [1.29, 1.82) is 0 Å². The minimum absolute atomic E-state index is 0. The molecule has 0 amide bonds. The molecule has 2 aliphatic heterocycles. The molecule has 62 heavy (non-hydrogen) atoms. The molecule has 0 radical (unpaired) electrons. The standard InChI is InChI=1S/C24H24N4O2S.C24H27N3O2S.ClH/c29-31(30,21-9-5-2-6-10-21)24-22-17-20(11-12-23(22)25-26-24)28-15-13-27(14-16-28)18-19-7-3-1-4-8-19;25-24-12-11-22(17-21(24)19-30(28,29)23-9-5-2-6-10-23)27-15-13-26(14-16-27)18-20-7-3-1-4-8-20;/h1-12,17H,13-16,18H2,(H,25,26);1-12,17H,13-16,18-19,25H2;1H. The maximum absolute atomic E-state index is 13.1. The quantitative estimate of drug-likeness (QED) is 0.124. The molecule has 322 valence electrons. The van der Waals surface area contributed by atoms with E-state index in [1.807, 2.05) is 54.6 Å². The van der Waals surface area contributed by atoms with Gasteiger partial charge in [0.05, 0.1) is 21.1 Å². The fraction of sp³-hybridized carbons (Fsp3) is 0.229. The van der Waals surface area contributed by atoms with Crippen molar-refractivity contribution in [2.45, 2.75) is 33.7 Å². The predicted molar refractivity (Wildman–Crippen MR) is 251 cm³/mol. The van der Waals surface area contributed by atoms with E-state index in [1.54, 1.807) is 54.6 Å². The average molecular weight is 891 g/mol. The first-order valence-corrected chi connectivity index (χ1v) is 23.7. The van der Waals surface area contributed by atoms with Gasteiger partial charge >= 0.3 is 0 Å². The topological polar surface area (TPSA) is 136 Å². The highest BCUT2D eigenvalue weighted by Gasteiger charge is 2.25. The number of piperazine rings is 2. The summed E-state index contributed by atoms with van der Waals surface area (Å²) in [5.74, 6) is -0.0926. The molecule has 9 rings (SSSR count). The zero-order valence-electron chi connectivity index (χ0n) is 34.5. The minimum Gasteiger partial charge on any atom is -0.398 e. The number of H-pyrrole nitrogens is 1. The maximum Gasteiger partial charge on any atom is 0.223 e. The van der Waals surface area contributed by atoms with Crippen molar-refractivity contribution >= 4 is 60.0 Å². The Hall–Kier alpha value is -5.70. The number of rotatable bonds is 11. The molecule has 14 heteroatoms. The van der Waals surface area contributed by atoms with Crippen LogP contribution in [0, 0.1) is 0 Å². The van der Waals surface area contributed by atoms with Gasteiger partial charge in [-0.25, -0.2) is 16.8 Å². The van der Waals surface area contributed by atoms with Gasteiger partial charge in [-0.05, 0) is 77.4 Å². The van der Waals surface area contributed by atoms with E-state index in [4.69, 9.17) is 5.73 Å². The lowest BCUT2D eigenvalue weighted by molar-refractivity contribution is 0.250. The maximum atomic E-state index is 13.1. The van der Waals surface area contributed by atoms with Crippen molar-refractivity contribution < 1.29 is 16.8 Å². The summed E-state index contributed by atoms with van der Waals surface area (Å²) in [7, 11) is -7.09. The number of aromatic amines is 1. The smallest absolute Gasteiger partial charge is 0.223 e. The number of anilines is 3. The van der Waals surface area contributed by atoms with Crippen LogP contribution in [-0.4, -0.2) is 89.2 Å². The van der Waals surface area contributed by atoms with Gasteiger partial charge in [0.15, 0.2) is 14.9 Å². The SMILES string of the molecule is Cl.Nc1ccc(N2CCN(Cc3ccccc3)CC2)cc1CS(=O)(=O)c1ccccc1.O=S(=O)(c1ccccc1)c1[nH]nc2ccc(N3CCN(Cc4ccccc4)CC3)cc12. The summed E-state index contributed by atoms with van der Waals surface area (Å²) < 4.78 is 51.8. The van der Waals surface area contributed by atoms with Crippen LogP contribution < -0.4 is 15.5 Å². The number of halogens is 1. The largest absolute Gasteiger partial charge is 0.398 e. The first kappa shape index (κ1) is 44.4. The molecule has 0 aliphatic carbocycles. The molecule has 0 bridgehead atoms. The van der Waals surface area contributed by atoms with Crippen LogP contribution in [0.5, 0.6) is 0 Å². The molecule has 2 aliphatic rings. The van der Waals surface area contributed by atoms with Gasteiger partial charge in [0.25, 0.3) is 0 Å². The van der Waals surface area contributed by atoms with Crippen LogP contribution in [0.4, 0.5) is 17.1 Å². The summed E-state index contributed by atoms with van der Waals surface area (Å²) in [6, 6.07) is 49.6. The molecule has 6 aromatic carbocycles. The first-order valence-electron chi connectivity index (χ1n) is 20.6. The number of hydrogen-bond acceptors (Lipinski definition) is 10. The molecule has 3 heterocycles. The lowest BCUT2D eigenvalue weighted by Crippen LogP contribution is -2.46. The highest BCUT2D eigenvalue weighted by Crippen LogP contribution is 2.31. The number of fused-ring (bicyclic) bond motifs is 1. The molecule has 0 unspecified atom stereocenters. The number of nitrogen functional groups attached to an aromatic ring is 1. The minimum atomic E-state index is -3.66. The van der Waals surface area contributed by atoms with E-state index in [0.717, 1.165) is 76.8 Å². The molecular weight excluding hydrogens is 838 g/mol. The van der Waals surface area contributed by atoms with Crippen LogP contribution in [0.15, 0.2) is 173 Å². The van der Waals surface area contributed by atoms with Crippen molar-refractivity contribution in [2.75, 3.05) is 67.9 Å². The van der Waals surface area contributed by atoms with Crippen molar-refractivity contribution in [1.82, 2.24) is 20.0 Å². The zero-order valence-corrected chi connectivity index (χ0v) is 36.9. The Bertz CT molecular complexity index is 2750. The Labute approximate surface area is 371 Å². The van der Waals surface area contributed by atoms with Crippen LogP contribution in [-0.2, 0) is 38.5 Å². The number of nitrogens with one attached hydrogen (secondary N) is 1. The second-order valence-corrected chi connectivity index (χ2v) is 19.4. The van der Waals surface area contributed by atoms with Gasteiger partial charge in [0, 0.05) is 87.9 Å². The van der Waals surface area contributed by atoms with Crippen molar-refractivity contribution in [3.63, 3.8) is 0 Å². The lowest BCUT2D eigenvalue weighted by Gasteiger charge is -2.36. The van der Waals surface area contributed by atoms with Crippen LogP contribution in [0.1, 0.15) is 16.7 Å². The summed E-state index contributed by atoms with van der Waals surface area (Å²) in [6.45, 7) is 9.39. The fourth-order valence-corrected chi connectivity index (χ4v) is 10.7. The zero-order chi connectivity index (χ0) is 42.2. The first-order chi connectivity index (χ1) is 29.6. The summed E-state index contributed by atoms with van der Waals surface area (Å²) in [6.07, 6.45) is 0. The molecule has 11 nitrogen and oxygen atoms in total. The monoisotopic (exact) mass is 889 g/mol. The van der Waals surface area contributed by atoms with Gasteiger partial charge in [-0.1, -0.05) is 97.1 Å². The molecule has 2 saturated heterocycles. The molecule has 1 aromatic heterocycles. The highest BCUT2D eigenvalue weighted by molar-refractivity contribution is 7.91. The van der Waals surface area contributed by atoms with E-state index >= 15 is 0 Å². The molecule has 7 aromatic rings. The van der Waals surface area contributed by atoms with Crippen LogP contribution in [0.3, 0.4) is 0 Å². The Morgan fingerprint density at radius 2 is 0.984 bits per heavy atom. The summed E-state index contributed by atoms with van der Waals surface area (Å²) in [5.41, 5.74) is 12.7. The van der Waals surface area contributed by atoms with E-state index in [2.05, 4.69) is 78.3 Å². The predicted octanol–water partition coefficient (Wildman–Crippen LogP) is 7.70. The van der Waals surface area contributed by atoms with Gasteiger partial charge < -0.3 is 15.5 Å². The van der Waals surface area contributed by atoms with Gasteiger partial charge in [0.1, 0.15) is 0 Å². The van der Waals surface area contributed by atoms with Gasteiger partial charge in [0.2, 0.25) is 9.84 Å². The van der Waals surface area contributed by atoms with Crippen molar-refractivity contribution in [2.24, 2.45) is 0 Å². The van der Waals surface area contributed by atoms with Crippen LogP contribution in [0.25, 0.3) is 10.9 Å². The van der Waals surface area contributed by atoms with E-state index in [0.29, 0.717) is 27.0 Å². The van der Waals surface area contributed by atoms with Gasteiger partial charge in [-0.2, -0.15) is 5.10 Å². The van der Waals surface area contributed by atoms with E-state index in [-0.39, 0.29) is 28.1 Å². The third-order valence-electron chi connectivity index (χ3n) is 11.4. The number of nitrogens with two attached hydrogens (primary N) is 1. The molecule has 3 N–H and O–H groups in total. The third-order valence-corrected chi connectivity index (χ3v) is 14.8. The third kappa shape index (κ3) is 10.7. The number of hydrogen-bond donors (Lipinski definition) is 2. The molecule has 0 atom stereocenters. The van der Waals surface area contributed by atoms with E-state index in [9.17, 15) is 16.8 Å². The molecule has 2 fully saturated rings.